The average Bonchev–Trinajstić information content (AvgIpc) is 2.87. The van der Waals surface area contributed by atoms with E-state index in [0.29, 0.717) is 44.6 Å². The molecule has 0 amide bonds. The van der Waals surface area contributed by atoms with Gasteiger partial charge < -0.3 is 14.6 Å². The Balaban J connectivity index is 1.87. The number of hydrogen-bond acceptors (Lipinski definition) is 7. The summed E-state index contributed by atoms with van der Waals surface area (Å²) in [4.78, 5) is 1.91. The molecule has 0 radical (unpaired) electrons. The topological polar surface area (TPSA) is 91.6 Å². The average molecular weight is 303 g/mol. The molecular formula is C11H21N5O3S. The second-order valence-corrected chi connectivity index (χ2v) is 6.79. The monoisotopic (exact) mass is 303 g/mol. The number of anilines is 1. The first-order valence-electron chi connectivity index (χ1n) is 6.74. The van der Waals surface area contributed by atoms with E-state index in [9.17, 15) is 8.42 Å². The van der Waals surface area contributed by atoms with Crippen LogP contribution in [-0.4, -0.2) is 61.9 Å². The zero-order chi connectivity index (χ0) is 14.6. The fourth-order valence-electron chi connectivity index (χ4n) is 2.03. The molecule has 2 rings (SSSR count). The van der Waals surface area contributed by atoms with Gasteiger partial charge in [-0.3, -0.25) is 0 Å². The van der Waals surface area contributed by atoms with Crippen molar-refractivity contribution in [3.8, 4) is 0 Å². The van der Waals surface area contributed by atoms with E-state index in [1.165, 1.54) is 10.6 Å². The number of rotatable bonds is 6. The maximum absolute atomic E-state index is 11.4. The Bertz CT molecular complexity index is 522. The predicted octanol–water partition coefficient (Wildman–Crippen LogP) is -0.349. The van der Waals surface area contributed by atoms with Crippen LogP contribution in [0.2, 0.25) is 0 Å². The summed E-state index contributed by atoms with van der Waals surface area (Å²) in [5, 5.41) is 11.2. The summed E-state index contributed by atoms with van der Waals surface area (Å²) in [6.45, 7) is 5.59. The third-order valence-corrected chi connectivity index (χ3v) is 4.44. The summed E-state index contributed by atoms with van der Waals surface area (Å²) in [5.74, 6) is 0.555. The quantitative estimate of drug-likeness (QED) is 0.718. The van der Waals surface area contributed by atoms with Gasteiger partial charge in [0.05, 0.1) is 12.8 Å². The van der Waals surface area contributed by atoms with E-state index in [2.05, 4.69) is 22.4 Å². The van der Waals surface area contributed by atoms with E-state index in [1.807, 2.05) is 4.90 Å². The molecule has 1 saturated heterocycles. The number of sulfonamides is 1. The van der Waals surface area contributed by atoms with Crippen molar-refractivity contribution in [2.45, 2.75) is 19.9 Å². The highest BCUT2D eigenvalue weighted by Crippen LogP contribution is 2.15. The van der Waals surface area contributed by atoms with Crippen LogP contribution in [0.5, 0.6) is 0 Å². The molecular weight excluding hydrogens is 282 g/mol. The van der Waals surface area contributed by atoms with Crippen molar-refractivity contribution in [3.63, 3.8) is 0 Å². The fraction of sp³-hybridized carbons (Fsp3) is 0.818. The molecule has 1 aliphatic heterocycles. The Morgan fingerprint density at radius 1 is 1.25 bits per heavy atom. The largest absolute Gasteiger partial charge is 0.407 e. The molecule has 0 saturated carbocycles. The van der Waals surface area contributed by atoms with Crippen molar-refractivity contribution >= 4 is 16.0 Å². The van der Waals surface area contributed by atoms with Gasteiger partial charge in [-0.1, -0.05) is 12.0 Å². The summed E-state index contributed by atoms with van der Waals surface area (Å²) in [6, 6.07) is 0.464. The highest BCUT2D eigenvalue weighted by molar-refractivity contribution is 7.88. The van der Waals surface area contributed by atoms with Gasteiger partial charge in [-0.2, -0.15) is 4.31 Å². The first-order valence-corrected chi connectivity index (χ1v) is 8.58. The third kappa shape index (κ3) is 3.90. The van der Waals surface area contributed by atoms with Gasteiger partial charge in [0.25, 0.3) is 0 Å². The van der Waals surface area contributed by atoms with Gasteiger partial charge in [0.1, 0.15) is 0 Å². The summed E-state index contributed by atoms with van der Waals surface area (Å²) in [6.07, 6.45) is 2.28. The van der Waals surface area contributed by atoms with Crippen molar-refractivity contribution in [3.05, 3.63) is 5.89 Å². The van der Waals surface area contributed by atoms with Crippen LogP contribution in [0.3, 0.4) is 0 Å². The molecule has 9 heteroatoms. The lowest BCUT2D eigenvalue weighted by Gasteiger charge is -2.31. The summed E-state index contributed by atoms with van der Waals surface area (Å²) in [5.41, 5.74) is 0. The van der Waals surface area contributed by atoms with Gasteiger partial charge in [-0.05, 0) is 13.0 Å². The molecule has 0 unspecified atom stereocenters. The normalized spacial score (nSPS) is 17.6. The molecule has 20 heavy (non-hydrogen) atoms. The summed E-state index contributed by atoms with van der Waals surface area (Å²) in [7, 11) is -3.11. The highest BCUT2D eigenvalue weighted by Gasteiger charge is 2.25. The second kappa shape index (κ2) is 6.51. The van der Waals surface area contributed by atoms with Crippen LogP contribution in [0.15, 0.2) is 4.42 Å². The number of aromatic nitrogens is 2. The molecule has 0 atom stereocenters. The molecule has 1 aromatic rings. The van der Waals surface area contributed by atoms with Gasteiger partial charge >= 0.3 is 6.01 Å². The Morgan fingerprint density at radius 3 is 2.55 bits per heavy atom. The van der Waals surface area contributed by atoms with Crippen LogP contribution in [-0.2, 0) is 16.6 Å². The van der Waals surface area contributed by atoms with E-state index in [1.54, 1.807) is 0 Å². The molecule has 1 N–H and O–H groups in total. The van der Waals surface area contributed by atoms with Crippen molar-refractivity contribution in [1.29, 1.82) is 0 Å². The molecule has 1 aliphatic rings. The number of nitrogens with one attached hydrogen (secondary N) is 1. The zero-order valence-electron chi connectivity index (χ0n) is 11.9. The number of piperazine rings is 1. The van der Waals surface area contributed by atoms with Crippen molar-refractivity contribution in [2.24, 2.45) is 0 Å². The van der Waals surface area contributed by atoms with Crippen molar-refractivity contribution < 1.29 is 12.8 Å². The molecule has 8 nitrogen and oxygen atoms in total. The van der Waals surface area contributed by atoms with Crippen LogP contribution in [0.1, 0.15) is 19.2 Å². The smallest absolute Gasteiger partial charge is 0.318 e. The molecule has 0 aromatic carbocycles. The Morgan fingerprint density at radius 2 is 1.95 bits per heavy atom. The second-order valence-electron chi connectivity index (χ2n) is 4.80. The van der Waals surface area contributed by atoms with Crippen molar-refractivity contribution in [1.82, 2.24) is 19.8 Å². The zero-order valence-corrected chi connectivity index (χ0v) is 12.7. The molecule has 0 bridgehead atoms. The lowest BCUT2D eigenvalue weighted by molar-refractivity contribution is 0.370. The molecule has 114 valence electrons. The van der Waals surface area contributed by atoms with Gasteiger partial charge in [-0.25, -0.2) is 8.42 Å². The lowest BCUT2D eigenvalue weighted by Crippen LogP contribution is -2.48. The first-order chi connectivity index (χ1) is 9.50. The van der Waals surface area contributed by atoms with Crippen LogP contribution < -0.4 is 10.2 Å². The highest BCUT2D eigenvalue weighted by atomic mass is 32.2. The molecule has 0 aliphatic carbocycles. The van der Waals surface area contributed by atoms with E-state index >= 15 is 0 Å². The first kappa shape index (κ1) is 15.2. The molecule has 1 fully saturated rings. The Labute approximate surface area is 119 Å². The Hall–Kier alpha value is -1.19. The molecule has 2 heterocycles. The summed E-state index contributed by atoms with van der Waals surface area (Å²) >= 11 is 0. The number of nitrogens with zero attached hydrogens (tertiary/aromatic N) is 4. The molecule has 1 aromatic heterocycles. The van der Waals surface area contributed by atoms with E-state index in [4.69, 9.17) is 4.42 Å². The maximum atomic E-state index is 11.4. The molecule has 0 spiro atoms. The van der Waals surface area contributed by atoms with Gasteiger partial charge in [0, 0.05) is 26.2 Å². The van der Waals surface area contributed by atoms with Gasteiger partial charge in [0.15, 0.2) is 0 Å². The standard InChI is InChI=1S/C11H21N5O3S/c1-3-4-12-9-10-13-14-11(19-10)15-5-7-16(8-6-15)20(2,17)18/h12H,3-9H2,1-2H3. The fourth-order valence-corrected chi connectivity index (χ4v) is 2.85. The third-order valence-electron chi connectivity index (χ3n) is 3.14. The van der Waals surface area contributed by atoms with Crippen LogP contribution in [0.25, 0.3) is 0 Å². The number of hydrogen-bond donors (Lipinski definition) is 1. The van der Waals surface area contributed by atoms with Crippen LogP contribution in [0.4, 0.5) is 6.01 Å². The van der Waals surface area contributed by atoms with Crippen molar-refractivity contribution in [2.75, 3.05) is 43.9 Å². The predicted molar refractivity (Wildman–Crippen MR) is 74.9 cm³/mol. The SMILES string of the molecule is CCCNCc1nnc(N2CCN(S(C)(=O)=O)CC2)o1. The van der Waals surface area contributed by atoms with Gasteiger partial charge in [-0.15, -0.1) is 5.10 Å². The maximum Gasteiger partial charge on any atom is 0.318 e. The minimum atomic E-state index is -3.11. The summed E-state index contributed by atoms with van der Waals surface area (Å²) < 4.78 is 29.9. The van der Waals surface area contributed by atoms with E-state index < -0.39 is 10.0 Å². The van der Waals surface area contributed by atoms with E-state index in [0.717, 1.165) is 13.0 Å². The minimum Gasteiger partial charge on any atom is -0.407 e. The Kier molecular flexibility index (Phi) is 4.95. The van der Waals surface area contributed by atoms with Gasteiger partial charge in [0.2, 0.25) is 15.9 Å². The van der Waals surface area contributed by atoms with Crippen LogP contribution >= 0.6 is 0 Å². The minimum absolute atomic E-state index is 0.449. The lowest BCUT2D eigenvalue weighted by atomic mass is 10.4. The van der Waals surface area contributed by atoms with Crippen LogP contribution in [0, 0.1) is 0 Å². The van der Waals surface area contributed by atoms with E-state index in [-0.39, 0.29) is 0 Å².